The minimum atomic E-state index is -0.484. The minimum Gasteiger partial charge on any atom is -0.465 e. The number of benzene rings is 4. The Morgan fingerprint density at radius 3 is 1.20 bits per heavy atom. The van der Waals surface area contributed by atoms with Crippen LogP contribution in [0.2, 0.25) is 0 Å². The molecule has 0 amide bonds. The zero-order chi connectivity index (χ0) is 41.7. The van der Waals surface area contributed by atoms with Crippen LogP contribution < -0.4 is 11.5 Å². The zero-order valence-corrected chi connectivity index (χ0v) is 33.4. The highest BCUT2D eigenvalue weighted by Gasteiger charge is 2.22. The van der Waals surface area contributed by atoms with Crippen LogP contribution in [0.4, 0.5) is 11.4 Å². The van der Waals surface area contributed by atoms with Crippen molar-refractivity contribution in [2.24, 2.45) is 0 Å². The van der Waals surface area contributed by atoms with E-state index in [9.17, 15) is 9.59 Å². The van der Waals surface area contributed by atoms with Gasteiger partial charge in [-0.2, -0.15) is 0 Å². The van der Waals surface area contributed by atoms with Gasteiger partial charge in [0.05, 0.1) is 48.1 Å². The third kappa shape index (κ3) is 6.69. The first-order chi connectivity index (χ1) is 29.1. The number of nitrogens with one attached hydrogen (secondary N) is 2. The molecule has 0 spiro atoms. The van der Waals surface area contributed by atoms with Crippen molar-refractivity contribution < 1.29 is 19.1 Å². The number of esters is 2. The quantitative estimate of drug-likeness (QED) is 0.0956. The molecule has 5 heterocycles. The molecule has 0 fully saturated rings. The summed E-state index contributed by atoms with van der Waals surface area (Å²) < 4.78 is 10.2. The number of H-pyrrole nitrogens is 2. The van der Waals surface area contributed by atoms with E-state index in [1.807, 2.05) is 48.6 Å². The number of fused-ring (bicyclic) bond motifs is 8. The smallest absolute Gasteiger partial charge is 0.337 e. The molecule has 3 aromatic heterocycles. The van der Waals surface area contributed by atoms with E-state index in [-0.39, 0.29) is 0 Å². The topological polar surface area (TPSA) is 162 Å². The summed E-state index contributed by atoms with van der Waals surface area (Å²) >= 11 is 0. The number of nitrogens with two attached hydrogens (primary N) is 2. The minimum absolute atomic E-state index is 0.348. The number of aryl methyl sites for hydroxylation is 2. The third-order valence-corrected chi connectivity index (χ3v) is 10.9. The Bertz CT molecular complexity index is 2990. The first-order valence-electron chi connectivity index (χ1n) is 19.4. The summed E-state index contributed by atoms with van der Waals surface area (Å²) in [6, 6.07) is 34.9. The van der Waals surface area contributed by atoms with E-state index >= 15 is 0 Å². The van der Waals surface area contributed by atoms with Gasteiger partial charge in [-0.25, -0.2) is 19.6 Å². The molecule has 4 aromatic carbocycles. The summed E-state index contributed by atoms with van der Waals surface area (Å²) in [5.74, 6) is -0.956. The number of carbonyl (C=O) groups excluding carboxylic acids is 2. The van der Waals surface area contributed by atoms with Crippen LogP contribution in [0.5, 0.6) is 0 Å². The molecule has 0 radical (unpaired) electrons. The number of aromatic amines is 2. The van der Waals surface area contributed by atoms with Gasteiger partial charge in [-0.05, 0) is 110 Å². The third-order valence-electron chi connectivity index (χ3n) is 10.9. The monoisotopic (exact) mass is 788 g/mol. The Morgan fingerprint density at radius 1 is 0.467 bits per heavy atom. The van der Waals surface area contributed by atoms with Crippen LogP contribution in [0, 0.1) is 13.8 Å². The van der Waals surface area contributed by atoms with E-state index in [1.54, 1.807) is 36.4 Å². The summed E-state index contributed by atoms with van der Waals surface area (Å²) in [5, 5.41) is 0. The van der Waals surface area contributed by atoms with Crippen LogP contribution in [-0.4, -0.2) is 46.1 Å². The Labute approximate surface area is 345 Å². The van der Waals surface area contributed by atoms with Crippen LogP contribution in [0.15, 0.2) is 109 Å². The van der Waals surface area contributed by atoms with Gasteiger partial charge in [-0.1, -0.05) is 59.7 Å². The molecule has 0 atom stereocenters. The average Bonchev–Trinajstić information content (AvgIpc) is 4.11. The number of aromatic nitrogens is 4. The van der Waals surface area contributed by atoms with Crippen LogP contribution in [0.1, 0.15) is 54.6 Å². The van der Waals surface area contributed by atoms with Crippen molar-refractivity contribution in [1.29, 1.82) is 0 Å². The summed E-state index contributed by atoms with van der Waals surface area (Å²) in [5.41, 5.74) is 29.3. The maximum atomic E-state index is 12.9. The van der Waals surface area contributed by atoms with Gasteiger partial charge in [-0.15, -0.1) is 0 Å². The van der Waals surface area contributed by atoms with E-state index in [1.165, 1.54) is 14.2 Å². The lowest BCUT2D eigenvalue weighted by Gasteiger charge is -2.11. The van der Waals surface area contributed by atoms with Gasteiger partial charge in [0.2, 0.25) is 0 Å². The van der Waals surface area contributed by atoms with Gasteiger partial charge < -0.3 is 30.9 Å². The standard InChI is InChI=1S/C50H40N6O4/c1-27-5-9-29(10-6-27)45-37-17-21-41(53-37)47(33-25-31(49(57)59-3)13-15-35(33)51)43-23-19-39(55-43)46(30-11-7-28(2)8-12-30)40-20-24-44(56-40)48(42-22-18-38(45)54-42)34-26-32(50(58)60-4)14-16-36(34)52/h5-26,53,55H,51-52H2,1-4H3. The van der Waals surface area contributed by atoms with Gasteiger partial charge in [0.25, 0.3) is 0 Å². The molecular formula is C50H40N6O4. The van der Waals surface area contributed by atoms with Crippen molar-refractivity contribution in [1.82, 2.24) is 19.9 Å². The van der Waals surface area contributed by atoms with E-state index in [0.717, 1.165) is 61.0 Å². The maximum Gasteiger partial charge on any atom is 0.337 e. The fourth-order valence-corrected chi connectivity index (χ4v) is 7.86. The van der Waals surface area contributed by atoms with E-state index < -0.39 is 11.9 Å². The van der Waals surface area contributed by atoms with E-state index in [0.29, 0.717) is 62.0 Å². The number of methoxy groups -OCH3 is 2. The van der Waals surface area contributed by atoms with Crippen molar-refractivity contribution in [3.8, 4) is 44.5 Å². The summed E-state index contributed by atoms with van der Waals surface area (Å²) in [7, 11) is 2.71. The number of ether oxygens (including phenoxy) is 2. The Balaban J connectivity index is 1.48. The van der Waals surface area contributed by atoms with Gasteiger partial charge in [0.1, 0.15) is 0 Å². The molecule has 10 nitrogen and oxygen atoms in total. The number of hydrogen-bond donors (Lipinski definition) is 4. The molecule has 0 aliphatic carbocycles. The summed E-state index contributed by atoms with van der Waals surface area (Å²) in [6.07, 6.45) is 7.88. The highest BCUT2D eigenvalue weighted by Crippen LogP contribution is 2.41. The molecule has 2 aliphatic rings. The van der Waals surface area contributed by atoms with Crippen molar-refractivity contribution in [2.45, 2.75) is 13.8 Å². The number of anilines is 2. The highest BCUT2D eigenvalue weighted by atomic mass is 16.5. The fraction of sp³-hybridized carbons (Fsp3) is 0.0800. The summed E-state index contributed by atoms with van der Waals surface area (Å²) in [4.78, 5) is 43.8. The Morgan fingerprint density at radius 2 is 0.817 bits per heavy atom. The molecule has 294 valence electrons. The van der Waals surface area contributed by atoms with Crippen molar-refractivity contribution in [3.05, 3.63) is 154 Å². The van der Waals surface area contributed by atoms with Crippen molar-refractivity contribution >= 4 is 69.7 Å². The van der Waals surface area contributed by atoms with Crippen LogP contribution >= 0.6 is 0 Å². The number of rotatable bonds is 6. The second kappa shape index (κ2) is 15.1. The molecule has 10 heteroatoms. The zero-order valence-electron chi connectivity index (χ0n) is 33.4. The van der Waals surface area contributed by atoms with Gasteiger partial charge >= 0.3 is 11.9 Å². The maximum absolute atomic E-state index is 12.9. The first-order valence-corrected chi connectivity index (χ1v) is 19.4. The molecule has 0 saturated carbocycles. The van der Waals surface area contributed by atoms with Crippen LogP contribution in [0.3, 0.4) is 0 Å². The van der Waals surface area contributed by atoms with Crippen LogP contribution in [0.25, 0.3) is 90.9 Å². The van der Waals surface area contributed by atoms with Gasteiger partial charge in [0.15, 0.2) is 0 Å². The van der Waals surface area contributed by atoms with Crippen molar-refractivity contribution in [3.63, 3.8) is 0 Å². The number of carbonyl (C=O) groups is 2. The number of nitrogens with zero attached hydrogens (tertiary/aromatic N) is 2. The fourth-order valence-electron chi connectivity index (χ4n) is 7.86. The molecule has 6 N–H and O–H groups in total. The van der Waals surface area contributed by atoms with Crippen molar-refractivity contribution in [2.75, 3.05) is 25.7 Å². The second-order valence-corrected chi connectivity index (χ2v) is 14.8. The normalized spacial score (nSPS) is 11.8. The predicted octanol–water partition coefficient (Wildman–Crippen LogP) is 10.7. The lowest BCUT2D eigenvalue weighted by atomic mass is 9.98. The Kier molecular flexibility index (Phi) is 9.44. The molecule has 2 aliphatic heterocycles. The summed E-state index contributed by atoms with van der Waals surface area (Å²) in [6.45, 7) is 4.10. The average molecular weight is 789 g/mol. The Hall–Kier alpha value is -7.98. The van der Waals surface area contributed by atoms with E-state index in [2.05, 4.69) is 72.3 Å². The predicted molar refractivity (Wildman–Crippen MR) is 242 cm³/mol. The molecule has 8 bridgehead atoms. The van der Waals surface area contributed by atoms with Crippen LogP contribution in [-0.2, 0) is 9.47 Å². The SMILES string of the molecule is COC(=O)c1ccc(N)c(-c2c3nc(c(-c4ccc(C)cc4)c4ccc([nH]4)c(-c4cc(C(=O)OC)ccc4N)c4ccc([nH]4)c(-c4ccc(C)cc4)c4nc2C=C4)C=C3)c1. The second-order valence-electron chi connectivity index (χ2n) is 14.8. The lowest BCUT2D eigenvalue weighted by molar-refractivity contribution is 0.0592. The molecule has 7 aromatic rings. The van der Waals surface area contributed by atoms with E-state index in [4.69, 9.17) is 30.9 Å². The molecule has 9 rings (SSSR count). The number of hydrogen-bond acceptors (Lipinski definition) is 8. The number of nitrogen functional groups attached to an aromatic ring is 2. The molecule has 60 heavy (non-hydrogen) atoms. The van der Waals surface area contributed by atoms with Gasteiger partial charge in [0, 0.05) is 66.8 Å². The molecule has 0 unspecified atom stereocenters. The highest BCUT2D eigenvalue weighted by molar-refractivity contribution is 6.04. The molecule has 0 saturated heterocycles. The lowest BCUT2D eigenvalue weighted by Crippen LogP contribution is -2.03. The molecular weight excluding hydrogens is 749 g/mol. The largest absolute Gasteiger partial charge is 0.465 e. The first kappa shape index (κ1) is 37.6. The van der Waals surface area contributed by atoms with Gasteiger partial charge in [-0.3, -0.25) is 0 Å².